The monoisotopic (exact) mass is 284 g/mol. The molecule has 0 atom stereocenters. The molecule has 0 aliphatic rings. The summed E-state index contributed by atoms with van der Waals surface area (Å²) in [5.41, 5.74) is 6.95. The molecule has 1 heterocycles. The number of hydrogen-bond donors (Lipinski definition) is 3. The SMILES string of the molecule is NC(=O)c1cc(NCC(=O)NCc2ccccc2)ccn1. The van der Waals surface area contributed by atoms with E-state index in [1.807, 2.05) is 30.3 Å². The Morgan fingerprint density at radius 1 is 1.14 bits per heavy atom. The molecule has 21 heavy (non-hydrogen) atoms. The highest BCUT2D eigenvalue weighted by molar-refractivity contribution is 5.91. The summed E-state index contributed by atoms with van der Waals surface area (Å²) in [5.74, 6) is -0.747. The zero-order valence-corrected chi connectivity index (χ0v) is 11.4. The summed E-state index contributed by atoms with van der Waals surface area (Å²) in [6.07, 6.45) is 1.46. The first-order valence-electron chi connectivity index (χ1n) is 6.45. The van der Waals surface area contributed by atoms with Crippen LogP contribution in [0.25, 0.3) is 0 Å². The zero-order chi connectivity index (χ0) is 15.1. The number of carbonyl (C=O) groups is 2. The lowest BCUT2D eigenvalue weighted by Gasteiger charge is -2.08. The van der Waals surface area contributed by atoms with Crippen LogP contribution in [-0.4, -0.2) is 23.3 Å². The average Bonchev–Trinajstić information content (AvgIpc) is 2.52. The number of carbonyl (C=O) groups excluding carboxylic acids is 2. The minimum absolute atomic E-state index is 0.106. The molecule has 6 nitrogen and oxygen atoms in total. The normalized spacial score (nSPS) is 9.90. The van der Waals surface area contributed by atoms with Gasteiger partial charge in [0, 0.05) is 18.4 Å². The minimum Gasteiger partial charge on any atom is -0.376 e. The lowest BCUT2D eigenvalue weighted by molar-refractivity contribution is -0.119. The molecular weight excluding hydrogens is 268 g/mol. The van der Waals surface area contributed by atoms with E-state index in [1.165, 1.54) is 12.3 Å². The van der Waals surface area contributed by atoms with Gasteiger partial charge in [-0.1, -0.05) is 30.3 Å². The summed E-state index contributed by atoms with van der Waals surface area (Å²) >= 11 is 0. The molecule has 4 N–H and O–H groups in total. The molecule has 6 heteroatoms. The molecule has 0 spiro atoms. The Morgan fingerprint density at radius 3 is 2.62 bits per heavy atom. The number of aromatic nitrogens is 1. The molecule has 0 saturated heterocycles. The maximum absolute atomic E-state index is 11.7. The van der Waals surface area contributed by atoms with Crippen molar-refractivity contribution in [1.82, 2.24) is 10.3 Å². The molecule has 2 rings (SSSR count). The van der Waals surface area contributed by atoms with Crippen LogP contribution in [0.1, 0.15) is 16.1 Å². The molecule has 0 saturated carbocycles. The van der Waals surface area contributed by atoms with Crippen LogP contribution in [-0.2, 0) is 11.3 Å². The molecule has 0 aliphatic carbocycles. The van der Waals surface area contributed by atoms with Gasteiger partial charge in [-0.05, 0) is 17.7 Å². The number of primary amides is 1. The van der Waals surface area contributed by atoms with Crippen molar-refractivity contribution in [3.8, 4) is 0 Å². The van der Waals surface area contributed by atoms with Gasteiger partial charge in [-0.25, -0.2) is 0 Å². The van der Waals surface area contributed by atoms with Crippen molar-refractivity contribution in [2.45, 2.75) is 6.54 Å². The van der Waals surface area contributed by atoms with Crippen LogP contribution in [0.3, 0.4) is 0 Å². The predicted molar refractivity (Wildman–Crippen MR) is 79.5 cm³/mol. The number of rotatable bonds is 6. The maximum atomic E-state index is 11.7. The number of hydrogen-bond acceptors (Lipinski definition) is 4. The van der Waals surface area contributed by atoms with Gasteiger partial charge >= 0.3 is 0 Å². The van der Waals surface area contributed by atoms with Gasteiger partial charge < -0.3 is 16.4 Å². The number of anilines is 1. The Labute approximate surface area is 122 Å². The van der Waals surface area contributed by atoms with E-state index in [0.717, 1.165) is 5.56 Å². The molecule has 2 aromatic rings. The summed E-state index contributed by atoms with van der Waals surface area (Å²) in [5, 5.41) is 5.71. The molecule has 0 radical (unpaired) electrons. The third-order valence-electron chi connectivity index (χ3n) is 2.80. The third-order valence-corrected chi connectivity index (χ3v) is 2.80. The number of nitrogens with one attached hydrogen (secondary N) is 2. The first kappa shape index (κ1) is 14.5. The highest BCUT2D eigenvalue weighted by atomic mass is 16.2. The molecule has 0 fully saturated rings. The second-order valence-electron chi connectivity index (χ2n) is 4.41. The molecule has 1 aromatic heterocycles. The fourth-order valence-corrected chi connectivity index (χ4v) is 1.72. The fourth-order valence-electron chi connectivity index (χ4n) is 1.72. The first-order chi connectivity index (χ1) is 10.1. The predicted octanol–water partition coefficient (Wildman–Crippen LogP) is 0.909. The van der Waals surface area contributed by atoms with Gasteiger partial charge in [-0.15, -0.1) is 0 Å². The number of amides is 2. The van der Waals surface area contributed by atoms with Gasteiger partial charge in [0.05, 0.1) is 6.54 Å². The Bertz CT molecular complexity index is 629. The molecule has 108 valence electrons. The average molecular weight is 284 g/mol. The van der Waals surface area contributed by atoms with Crippen molar-refractivity contribution < 1.29 is 9.59 Å². The standard InChI is InChI=1S/C15H16N4O2/c16-15(21)13-8-12(6-7-17-13)18-10-14(20)19-9-11-4-2-1-3-5-11/h1-8H,9-10H2,(H2,16,21)(H,17,18)(H,19,20). The summed E-state index contributed by atoms with van der Waals surface area (Å²) in [6, 6.07) is 12.8. The van der Waals surface area contributed by atoms with Crippen LogP contribution in [0.2, 0.25) is 0 Å². The van der Waals surface area contributed by atoms with Crippen LogP contribution in [0.15, 0.2) is 48.7 Å². The van der Waals surface area contributed by atoms with E-state index in [9.17, 15) is 9.59 Å². The number of pyridine rings is 1. The van der Waals surface area contributed by atoms with Gasteiger partial charge in [0.1, 0.15) is 5.69 Å². The van der Waals surface area contributed by atoms with Gasteiger partial charge in [-0.3, -0.25) is 14.6 Å². The van der Waals surface area contributed by atoms with Crippen LogP contribution < -0.4 is 16.4 Å². The fraction of sp³-hybridized carbons (Fsp3) is 0.133. The number of benzene rings is 1. The van der Waals surface area contributed by atoms with E-state index < -0.39 is 5.91 Å². The van der Waals surface area contributed by atoms with Gasteiger partial charge in [0.2, 0.25) is 5.91 Å². The van der Waals surface area contributed by atoms with Crippen LogP contribution in [0.4, 0.5) is 5.69 Å². The van der Waals surface area contributed by atoms with E-state index in [1.54, 1.807) is 6.07 Å². The molecule has 0 unspecified atom stereocenters. The summed E-state index contributed by atoms with van der Waals surface area (Å²) in [7, 11) is 0. The van der Waals surface area contributed by atoms with E-state index in [2.05, 4.69) is 15.6 Å². The highest BCUT2D eigenvalue weighted by Crippen LogP contribution is 2.06. The van der Waals surface area contributed by atoms with E-state index in [0.29, 0.717) is 12.2 Å². The Hall–Kier alpha value is -2.89. The van der Waals surface area contributed by atoms with Crippen molar-refractivity contribution in [2.24, 2.45) is 5.73 Å². The maximum Gasteiger partial charge on any atom is 0.267 e. The third kappa shape index (κ3) is 4.61. The van der Waals surface area contributed by atoms with Crippen LogP contribution >= 0.6 is 0 Å². The molecule has 2 amide bonds. The van der Waals surface area contributed by atoms with E-state index in [-0.39, 0.29) is 18.1 Å². The van der Waals surface area contributed by atoms with Crippen LogP contribution in [0, 0.1) is 0 Å². The topological polar surface area (TPSA) is 97.1 Å². The van der Waals surface area contributed by atoms with Crippen molar-refractivity contribution in [3.05, 3.63) is 59.9 Å². The largest absolute Gasteiger partial charge is 0.376 e. The quantitative estimate of drug-likeness (QED) is 0.734. The van der Waals surface area contributed by atoms with Gasteiger partial charge in [0.25, 0.3) is 5.91 Å². The second kappa shape index (κ2) is 7.04. The van der Waals surface area contributed by atoms with Crippen LogP contribution in [0.5, 0.6) is 0 Å². The summed E-state index contributed by atoms with van der Waals surface area (Å²) in [6.45, 7) is 0.583. The first-order valence-corrected chi connectivity index (χ1v) is 6.45. The number of nitrogens with zero attached hydrogens (tertiary/aromatic N) is 1. The minimum atomic E-state index is -0.604. The number of nitrogens with two attached hydrogens (primary N) is 1. The molecule has 0 aliphatic heterocycles. The zero-order valence-electron chi connectivity index (χ0n) is 11.4. The van der Waals surface area contributed by atoms with Crippen molar-refractivity contribution in [2.75, 3.05) is 11.9 Å². The lowest BCUT2D eigenvalue weighted by Crippen LogP contribution is -2.29. The van der Waals surface area contributed by atoms with Gasteiger partial charge in [0.15, 0.2) is 0 Å². The van der Waals surface area contributed by atoms with E-state index >= 15 is 0 Å². The Morgan fingerprint density at radius 2 is 1.90 bits per heavy atom. The smallest absolute Gasteiger partial charge is 0.267 e. The van der Waals surface area contributed by atoms with Crippen molar-refractivity contribution >= 4 is 17.5 Å². The summed E-state index contributed by atoms with van der Waals surface area (Å²) < 4.78 is 0. The van der Waals surface area contributed by atoms with Crippen molar-refractivity contribution in [1.29, 1.82) is 0 Å². The van der Waals surface area contributed by atoms with E-state index in [4.69, 9.17) is 5.73 Å². The Balaban J connectivity index is 1.81. The molecular formula is C15H16N4O2. The summed E-state index contributed by atoms with van der Waals surface area (Å²) in [4.78, 5) is 26.6. The highest BCUT2D eigenvalue weighted by Gasteiger charge is 2.04. The van der Waals surface area contributed by atoms with Crippen molar-refractivity contribution in [3.63, 3.8) is 0 Å². The molecule has 0 bridgehead atoms. The molecule has 1 aromatic carbocycles. The van der Waals surface area contributed by atoms with Gasteiger partial charge in [-0.2, -0.15) is 0 Å². The Kier molecular flexibility index (Phi) is 4.87. The second-order valence-corrected chi connectivity index (χ2v) is 4.41. The lowest BCUT2D eigenvalue weighted by atomic mass is 10.2.